The normalized spacial score (nSPS) is 22.3. The molecule has 108 valence electrons. The Bertz CT molecular complexity index is 528. The highest BCUT2D eigenvalue weighted by Crippen LogP contribution is 2.25. The van der Waals surface area contributed by atoms with Crippen LogP contribution in [-0.2, 0) is 4.79 Å². The van der Waals surface area contributed by atoms with Crippen LogP contribution in [0.3, 0.4) is 0 Å². The molecular weight excluding hydrogens is 435 g/mol. The van der Waals surface area contributed by atoms with Gasteiger partial charge in [-0.3, -0.25) is 9.59 Å². The van der Waals surface area contributed by atoms with Crippen LogP contribution in [0.2, 0.25) is 0 Å². The van der Waals surface area contributed by atoms with Crippen molar-refractivity contribution in [1.82, 2.24) is 5.32 Å². The predicted octanol–water partition coefficient (Wildman–Crippen LogP) is 2.83. The van der Waals surface area contributed by atoms with Crippen LogP contribution in [0.5, 0.6) is 0 Å². The Morgan fingerprint density at radius 1 is 1.25 bits per heavy atom. The number of rotatable bonds is 3. The second-order valence-electron chi connectivity index (χ2n) is 5.05. The molecule has 0 unspecified atom stereocenters. The van der Waals surface area contributed by atoms with Gasteiger partial charge in [-0.15, -0.1) is 0 Å². The number of carbonyl (C=O) groups is 2. The van der Waals surface area contributed by atoms with Crippen LogP contribution in [-0.4, -0.2) is 17.9 Å². The maximum Gasteiger partial charge on any atom is 0.252 e. The van der Waals surface area contributed by atoms with Crippen molar-refractivity contribution < 1.29 is 9.59 Å². The molecule has 0 atom stereocenters. The molecule has 2 amide bonds. The molecule has 0 bridgehead atoms. The number of nitrogens with two attached hydrogens (primary N) is 1. The molecule has 0 aromatic heterocycles. The molecule has 2 rings (SSSR count). The van der Waals surface area contributed by atoms with Crippen LogP contribution in [0.4, 0.5) is 0 Å². The van der Waals surface area contributed by atoms with Gasteiger partial charge in [0.15, 0.2) is 0 Å². The molecule has 3 N–H and O–H groups in total. The second kappa shape index (κ2) is 6.89. The average Bonchev–Trinajstić information content (AvgIpc) is 2.42. The molecule has 1 fully saturated rings. The van der Waals surface area contributed by atoms with Crippen molar-refractivity contribution in [2.75, 3.05) is 0 Å². The van der Waals surface area contributed by atoms with Gasteiger partial charge in [-0.25, -0.2) is 0 Å². The van der Waals surface area contributed by atoms with Crippen molar-refractivity contribution in [3.63, 3.8) is 0 Å². The fourth-order valence-electron chi connectivity index (χ4n) is 2.46. The van der Waals surface area contributed by atoms with Gasteiger partial charge in [0, 0.05) is 20.0 Å². The average molecular weight is 451 g/mol. The maximum atomic E-state index is 12.3. The van der Waals surface area contributed by atoms with E-state index in [-0.39, 0.29) is 23.8 Å². The Morgan fingerprint density at radius 2 is 1.90 bits per heavy atom. The molecule has 0 saturated heterocycles. The van der Waals surface area contributed by atoms with Crippen molar-refractivity contribution in [1.29, 1.82) is 0 Å². The molecule has 6 heteroatoms. The number of benzene rings is 1. The molecule has 1 aromatic carbocycles. The second-order valence-corrected chi connectivity index (χ2v) is 7.15. The van der Waals surface area contributed by atoms with Gasteiger partial charge in [0.25, 0.3) is 5.91 Å². The van der Waals surface area contributed by atoms with Gasteiger partial charge in [0.05, 0.1) is 5.56 Å². The highest BCUT2D eigenvalue weighted by atomic mass is 127. The molecular formula is C14H16BrIN2O2. The first kappa shape index (κ1) is 15.8. The van der Waals surface area contributed by atoms with Crippen molar-refractivity contribution in [2.45, 2.75) is 31.7 Å². The van der Waals surface area contributed by atoms with Crippen molar-refractivity contribution in [3.8, 4) is 0 Å². The van der Waals surface area contributed by atoms with Crippen LogP contribution in [0, 0.1) is 9.49 Å². The third kappa shape index (κ3) is 3.94. The predicted molar refractivity (Wildman–Crippen MR) is 89.3 cm³/mol. The molecule has 4 nitrogen and oxygen atoms in total. The van der Waals surface area contributed by atoms with Crippen LogP contribution in [0.1, 0.15) is 36.0 Å². The highest BCUT2D eigenvalue weighted by Gasteiger charge is 2.26. The minimum absolute atomic E-state index is 0.0347. The molecule has 1 aliphatic carbocycles. The number of halogens is 2. The summed E-state index contributed by atoms with van der Waals surface area (Å²) in [6.45, 7) is 0. The number of amides is 2. The van der Waals surface area contributed by atoms with E-state index in [0.29, 0.717) is 5.56 Å². The first-order chi connectivity index (χ1) is 9.47. The summed E-state index contributed by atoms with van der Waals surface area (Å²) in [5.41, 5.74) is 5.96. The topological polar surface area (TPSA) is 72.2 Å². The summed E-state index contributed by atoms with van der Waals surface area (Å²) >= 11 is 5.58. The van der Waals surface area contributed by atoms with Gasteiger partial charge in [0.1, 0.15) is 0 Å². The maximum absolute atomic E-state index is 12.3. The van der Waals surface area contributed by atoms with E-state index in [1.54, 1.807) is 0 Å². The molecule has 0 spiro atoms. The largest absolute Gasteiger partial charge is 0.369 e. The van der Waals surface area contributed by atoms with Gasteiger partial charge in [-0.05, 0) is 82.4 Å². The molecule has 0 radical (unpaired) electrons. The SMILES string of the molecule is NC(=O)C1CCC(NC(=O)c2cc(I)ccc2Br)CC1. The van der Waals surface area contributed by atoms with E-state index < -0.39 is 0 Å². The lowest BCUT2D eigenvalue weighted by molar-refractivity contribution is -0.122. The van der Waals surface area contributed by atoms with E-state index in [4.69, 9.17) is 5.73 Å². The molecule has 1 aliphatic rings. The van der Waals surface area contributed by atoms with E-state index in [1.165, 1.54) is 0 Å². The van der Waals surface area contributed by atoms with Crippen molar-refractivity contribution in [3.05, 3.63) is 31.8 Å². The summed E-state index contributed by atoms with van der Waals surface area (Å²) in [7, 11) is 0. The fraction of sp³-hybridized carbons (Fsp3) is 0.429. The van der Waals surface area contributed by atoms with Crippen LogP contribution >= 0.6 is 38.5 Å². The number of hydrogen-bond acceptors (Lipinski definition) is 2. The number of primary amides is 1. The minimum Gasteiger partial charge on any atom is -0.369 e. The van der Waals surface area contributed by atoms with E-state index in [2.05, 4.69) is 43.8 Å². The lowest BCUT2D eigenvalue weighted by Crippen LogP contribution is -2.39. The van der Waals surface area contributed by atoms with Gasteiger partial charge in [0.2, 0.25) is 5.91 Å². The Balaban J connectivity index is 1.96. The highest BCUT2D eigenvalue weighted by molar-refractivity contribution is 14.1. The zero-order valence-corrected chi connectivity index (χ0v) is 14.6. The summed E-state index contributed by atoms with van der Waals surface area (Å²) in [6.07, 6.45) is 3.13. The Morgan fingerprint density at radius 3 is 2.50 bits per heavy atom. The first-order valence-electron chi connectivity index (χ1n) is 6.52. The van der Waals surface area contributed by atoms with Crippen LogP contribution < -0.4 is 11.1 Å². The summed E-state index contributed by atoms with van der Waals surface area (Å²) in [5, 5.41) is 3.04. The monoisotopic (exact) mass is 450 g/mol. The first-order valence-corrected chi connectivity index (χ1v) is 8.40. The standard InChI is InChI=1S/C14H16BrIN2O2/c15-12-6-3-9(16)7-11(12)14(20)18-10-4-1-8(2-5-10)13(17)19/h3,6-8,10H,1-2,4-5H2,(H2,17,19)(H,18,20). The Hall–Kier alpha value is -0.630. The molecule has 1 aromatic rings. The zero-order chi connectivity index (χ0) is 14.7. The molecule has 0 aliphatic heterocycles. The summed E-state index contributed by atoms with van der Waals surface area (Å²) < 4.78 is 1.81. The summed E-state index contributed by atoms with van der Waals surface area (Å²) in [5.74, 6) is -0.333. The van der Waals surface area contributed by atoms with Gasteiger partial charge in [-0.2, -0.15) is 0 Å². The Labute approximate surface area is 140 Å². The Kier molecular flexibility index (Phi) is 5.42. The van der Waals surface area contributed by atoms with E-state index in [1.807, 2.05) is 18.2 Å². The molecule has 0 heterocycles. The number of hydrogen-bond donors (Lipinski definition) is 2. The number of nitrogens with one attached hydrogen (secondary N) is 1. The fourth-order valence-corrected chi connectivity index (χ4v) is 3.37. The van der Waals surface area contributed by atoms with E-state index in [9.17, 15) is 9.59 Å². The minimum atomic E-state index is -0.227. The lowest BCUT2D eigenvalue weighted by Gasteiger charge is -2.27. The van der Waals surface area contributed by atoms with Crippen LogP contribution in [0.15, 0.2) is 22.7 Å². The summed E-state index contributed by atoms with van der Waals surface area (Å²) in [6, 6.07) is 5.80. The quantitative estimate of drug-likeness (QED) is 0.695. The lowest BCUT2D eigenvalue weighted by atomic mass is 9.85. The van der Waals surface area contributed by atoms with Crippen molar-refractivity contribution in [2.24, 2.45) is 11.7 Å². The molecule has 1 saturated carbocycles. The van der Waals surface area contributed by atoms with Gasteiger partial charge >= 0.3 is 0 Å². The summed E-state index contributed by atoms with van der Waals surface area (Å²) in [4.78, 5) is 23.4. The van der Waals surface area contributed by atoms with Gasteiger partial charge in [-0.1, -0.05) is 0 Å². The zero-order valence-electron chi connectivity index (χ0n) is 10.9. The number of carbonyl (C=O) groups excluding carboxylic acids is 2. The van der Waals surface area contributed by atoms with Crippen molar-refractivity contribution >= 4 is 50.3 Å². The third-order valence-corrected chi connectivity index (χ3v) is 5.00. The third-order valence-electron chi connectivity index (χ3n) is 3.64. The van der Waals surface area contributed by atoms with Crippen LogP contribution in [0.25, 0.3) is 0 Å². The molecule has 20 heavy (non-hydrogen) atoms. The van der Waals surface area contributed by atoms with E-state index in [0.717, 1.165) is 33.7 Å². The van der Waals surface area contributed by atoms with E-state index >= 15 is 0 Å². The smallest absolute Gasteiger partial charge is 0.252 e. The van der Waals surface area contributed by atoms with Gasteiger partial charge < -0.3 is 11.1 Å².